The molecule has 0 N–H and O–H groups in total. The lowest BCUT2D eigenvalue weighted by molar-refractivity contribution is 0.0524. The summed E-state index contributed by atoms with van der Waals surface area (Å²) in [5, 5.41) is 0. The molecule has 2 rings (SSSR count). The molecule has 3 nitrogen and oxygen atoms in total. The van der Waals surface area contributed by atoms with Crippen LogP contribution in [-0.2, 0) is 4.74 Å². The lowest BCUT2D eigenvalue weighted by Gasteiger charge is -2.11. The molecule has 3 heteroatoms. The van der Waals surface area contributed by atoms with Gasteiger partial charge in [0.05, 0.1) is 17.9 Å². The molecule has 0 saturated carbocycles. The Morgan fingerprint density at radius 1 is 1.53 bits per heavy atom. The summed E-state index contributed by atoms with van der Waals surface area (Å²) in [7, 11) is 0. The van der Waals surface area contributed by atoms with E-state index >= 15 is 0 Å². The van der Waals surface area contributed by atoms with Crippen LogP contribution in [0, 0.1) is 6.92 Å². The minimum atomic E-state index is -0.263. The molecule has 0 radical (unpaired) electrons. The summed E-state index contributed by atoms with van der Waals surface area (Å²) in [5.74, 6) is -0.263. The Morgan fingerprint density at radius 3 is 3.00 bits per heavy atom. The Labute approximate surface area is 102 Å². The molecule has 0 amide bonds. The number of aromatic nitrogens is 1. The van der Waals surface area contributed by atoms with Crippen LogP contribution >= 0.6 is 0 Å². The summed E-state index contributed by atoms with van der Waals surface area (Å²) in [4.78, 5) is 16.3. The second kappa shape index (κ2) is 5.13. The van der Waals surface area contributed by atoms with E-state index in [1.54, 1.807) is 6.20 Å². The SMILES string of the molecule is CCOC(=O)c1c(C)ccnc1C1=CCCC1. The van der Waals surface area contributed by atoms with Crippen molar-refractivity contribution in [2.24, 2.45) is 0 Å². The maximum atomic E-state index is 12.0. The number of ether oxygens (including phenoxy) is 1. The van der Waals surface area contributed by atoms with Gasteiger partial charge in [0.1, 0.15) is 0 Å². The predicted molar refractivity (Wildman–Crippen MR) is 66.8 cm³/mol. The molecular formula is C14H17NO2. The summed E-state index contributed by atoms with van der Waals surface area (Å²) in [5.41, 5.74) is 3.54. The fraction of sp³-hybridized carbons (Fsp3) is 0.429. The Hall–Kier alpha value is -1.64. The lowest BCUT2D eigenvalue weighted by atomic mass is 10.0. The van der Waals surface area contributed by atoms with E-state index in [1.807, 2.05) is 19.9 Å². The highest BCUT2D eigenvalue weighted by atomic mass is 16.5. The third-order valence-electron chi connectivity index (χ3n) is 2.98. The molecule has 0 fully saturated rings. The molecule has 1 aliphatic rings. The van der Waals surface area contributed by atoms with Gasteiger partial charge in [0.2, 0.25) is 0 Å². The summed E-state index contributed by atoms with van der Waals surface area (Å²) < 4.78 is 5.10. The maximum absolute atomic E-state index is 12.0. The zero-order chi connectivity index (χ0) is 12.3. The van der Waals surface area contributed by atoms with Crippen molar-refractivity contribution >= 4 is 11.5 Å². The van der Waals surface area contributed by atoms with Gasteiger partial charge in [0.15, 0.2) is 0 Å². The first kappa shape index (κ1) is 11.8. The van der Waals surface area contributed by atoms with Crippen molar-refractivity contribution in [1.29, 1.82) is 0 Å². The van der Waals surface area contributed by atoms with Gasteiger partial charge >= 0.3 is 5.97 Å². The topological polar surface area (TPSA) is 39.2 Å². The molecule has 0 atom stereocenters. The fourth-order valence-corrected chi connectivity index (χ4v) is 2.15. The number of nitrogens with zero attached hydrogens (tertiary/aromatic N) is 1. The van der Waals surface area contributed by atoms with Crippen molar-refractivity contribution in [2.75, 3.05) is 6.61 Å². The van der Waals surface area contributed by atoms with Gasteiger partial charge in [-0.05, 0) is 50.3 Å². The molecule has 0 spiro atoms. The largest absolute Gasteiger partial charge is 0.462 e. The highest BCUT2D eigenvalue weighted by molar-refractivity contribution is 5.96. The van der Waals surface area contributed by atoms with E-state index in [4.69, 9.17) is 4.74 Å². The van der Waals surface area contributed by atoms with Crippen LogP contribution in [0.4, 0.5) is 0 Å². The average Bonchev–Trinajstić information content (AvgIpc) is 2.82. The molecule has 1 aromatic rings. The van der Waals surface area contributed by atoms with Crippen LogP contribution in [0.25, 0.3) is 5.57 Å². The number of hydrogen-bond donors (Lipinski definition) is 0. The van der Waals surface area contributed by atoms with Crippen LogP contribution in [-0.4, -0.2) is 17.6 Å². The second-order valence-corrected chi connectivity index (χ2v) is 4.19. The van der Waals surface area contributed by atoms with Crippen molar-refractivity contribution in [3.05, 3.63) is 35.2 Å². The first-order valence-corrected chi connectivity index (χ1v) is 6.06. The molecule has 0 bridgehead atoms. The molecule has 0 aliphatic heterocycles. The minimum Gasteiger partial charge on any atom is -0.462 e. The number of hydrogen-bond acceptors (Lipinski definition) is 3. The van der Waals surface area contributed by atoms with E-state index < -0.39 is 0 Å². The molecule has 0 aromatic carbocycles. The smallest absolute Gasteiger partial charge is 0.340 e. The van der Waals surface area contributed by atoms with Crippen LogP contribution in [0.1, 0.15) is 47.8 Å². The molecular weight excluding hydrogens is 214 g/mol. The first-order chi connectivity index (χ1) is 8.24. The van der Waals surface area contributed by atoms with Gasteiger partial charge in [-0.3, -0.25) is 4.98 Å². The number of pyridine rings is 1. The van der Waals surface area contributed by atoms with Crippen molar-refractivity contribution in [2.45, 2.75) is 33.1 Å². The third kappa shape index (κ3) is 2.38. The van der Waals surface area contributed by atoms with Gasteiger partial charge in [-0.15, -0.1) is 0 Å². The highest BCUT2D eigenvalue weighted by Crippen LogP contribution is 2.29. The summed E-state index contributed by atoms with van der Waals surface area (Å²) in [6, 6.07) is 1.85. The number of carbonyl (C=O) groups excluding carboxylic acids is 1. The molecule has 1 heterocycles. The molecule has 1 aromatic heterocycles. The Kier molecular flexibility index (Phi) is 3.57. The minimum absolute atomic E-state index is 0.263. The van der Waals surface area contributed by atoms with E-state index in [1.165, 1.54) is 5.57 Å². The van der Waals surface area contributed by atoms with Gasteiger partial charge in [-0.25, -0.2) is 4.79 Å². The number of carbonyl (C=O) groups is 1. The van der Waals surface area contributed by atoms with Crippen molar-refractivity contribution < 1.29 is 9.53 Å². The molecule has 0 saturated heterocycles. The van der Waals surface area contributed by atoms with E-state index in [0.29, 0.717) is 12.2 Å². The van der Waals surface area contributed by atoms with Crippen LogP contribution in [0.15, 0.2) is 18.3 Å². The van der Waals surface area contributed by atoms with Gasteiger partial charge < -0.3 is 4.74 Å². The van der Waals surface area contributed by atoms with Gasteiger partial charge in [0, 0.05) is 6.20 Å². The molecule has 0 unspecified atom stereocenters. The Balaban J connectivity index is 2.44. The lowest BCUT2D eigenvalue weighted by Crippen LogP contribution is -2.11. The summed E-state index contributed by atoms with van der Waals surface area (Å²) in [6.07, 6.45) is 7.15. The highest BCUT2D eigenvalue weighted by Gasteiger charge is 2.20. The van der Waals surface area contributed by atoms with Crippen LogP contribution in [0.2, 0.25) is 0 Å². The van der Waals surface area contributed by atoms with Crippen molar-refractivity contribution in [3.63, 3.8) is 0 Å². The van der Waals surface area contributed by atoms with Gasteiger partial charge in [-0.1, -0.05) is 6.08 Å². The fourth-order valence-electron chi connectivity index (χ4n) is 2.15. The second-order valence-electron chi connectivity index (χ2n) is 4.19. The third-order valence-corrected chi connectivity index (χ3v) is 2.98. The first-order valence-electron chi connectivity index (χ1n) is 6.06. The number of esters is 1. The zero-order valence-electron chi connectivity index (χ0n) is 10.3. The van der Waals surface area contributed by atoms with Crippen LogP contribution in [0.5, 0.6) is 0 Å². The van der Waals surface area contributed by atoms with E-state index in [-0.39, 0.29) is 5.97 Å². The van der Waals surface area contributed by atoms with E-state index in [0.717, 1.165) is 30.5 Å². The van der Waals surface area contributed by atoms with Crippen LogP contribution < -0.4 is 0 Å². The standard InChI is InChI=1S/C14H17NO2/c1-3-17-14(16)12-10(2)8-9-15-13(12)11-6-4-5-7-11/h6,8-9H,3-5,7H2,1-2H3. The zero-order valence-corrected chi connectivity index (χ0v) is 10.3. The normalized spacial score (nSPS) is 14.6. The maximum Gasteiger partial charge on any atom is 0.340 e. The van der Waals surface area contributed by atoms with Crippen molar-refractivity contribution in [1.82, 2.24) is 4.98 Å². The quantitative estimate of drug-likeness (QED) is 0.750. The van der Waals surface area contributed by atoms with Crippen LogP contribution in [0.3, 0.4) is 0 Å². The summed E-state index contributed by atoms with van der Waals surface area (Å²) in [6.45, 7) is 4.14. The average molecular weight is 231 g/mol. The Morgan fingerprint density at radius 2 is 2.35 bits per heavy atom. The Bertz CT molecular complexity index is 463. The van der Waals surface area contributed by atoms with Gasteiger partial charge in [-0.2, -0.15) is 0 Å². The van der Waals surface area contributed by atoms with Gasteiger partial charge in [0.25, 0.3) is 0 Å². The number of aryl methyl sites for hydroxylation is 1. The molecule has 17 heavy (non-hydrogen) atoms. The van der Waals surface area contributed by atoms with E-state index in [2.05, 4.69) is 11.1 Å². The number of allylic oxidation sites excluding steroid dienone is 2. The molecule has 90 valence electrons. The number of rotatable bonds is 3. The summed E-state index contributed by atoms with van der Waals surface area (Å²) >= 11 is 0. The van der Waals surface area contributed by atoms with E-state index in [9.17, 15) is 4.79 Å². The predicted octanol–water partition coefficient (Wildman–Crippen LogP) is 3.13. The van der Waals surface area contributed by atoms with Crippen molar-refractivity contribution in [3.8, 4) is 0 Å². The monoisotopic (exact) mass is 231 g/mol. The molecule has 1 aliphatic carbocycles.